The largest absolute Gasteiger partial charge is 0.497 e. The summed E-state index contributed by atoms with van der Waals surface area (Å²) in [6, 6.07) is 12.2. The summed E-state index contributed by atoms with van der Waals surface area (Å²) >= 11 is 2.40. The summed E-state index contributed by atoms with van der Waals surface area (Å²) < 4.78 is 33.7. The van der Waals surface area contributed by atoms with E-state index in [0.717, 1.165) is 29.5 Å². The topological polar surface area (TPSA) is 73.2 Å². The van der Waals surface area contributed by atoms with Crippen LogP contribution in [0.1, 0.15) is 5.56 Å². The molecule has 0 saturated heterocycles. The van der Waals surface area contributed by atoms with Crippen LogP contribution in [-0.4, -0.2) is 28.3 Å². The van der Waals surface area contributed by atoms with Gasteiger partial charge in [-0.15, -0.1) is 11.3 Å². The minimum absolute atomic E-state index is 0.0658. The molecule has 1 N–H and O–H groups in total. The van der Waals surface area contributed by atoms with Crippen LogP contribution in [0.15, 0.2) is 63.9 Å². The van der Waals surface area contributed by atoms with Crippen molar-refractivity contribution in [3.05, 3.63) is 81.5 Å². The molecule has 2 heterocycles. The van der Waals surface area contributed by atoms with Crippen molar-refractivity contribution in [1.82, 2.24) is 9.55 Å². The Kier molecular flexibility index (Phi) is 6.52. The Morgan fingerprint density at radius 2 is 1.94 bits per heavy atom. The third kappa shape index (κ3) is 4.81. The number of ether oxygens (including phenoxy) is 1. The van der Waals surface area contributed by atoms with E-state index < -0.39 is 17.5 Å². The van der Waals surface area contributed by atoms with Crippen molar-refractivity contribution in [3.63, 3.8) is 0 Å². The van der Waals surface area contributed by atoms with Crippen LogP contribution in [0.4, 0.5) is 14.5 Å². The molecule has 0 spiro atoms. The average Bonchev–Trinajstić information content (AvgIpc) is 3.26. The lowest BCUT2D eigenvalue weighted by molar-refractivity contribution is -0.113. The number of amides is 1. The van der Waals surface area contributed by atoms with Crippen LogP contribution in [0.3, 0.4) is 0 Å². The maximum Gasteiger partial charge on any atom is 0.272 e. The lowest BCUT2D eigenvalue weighted by Crippen LogP contribution is -2.24. The maximum atomic E-state index is 13.4. The van der Waals surface area contributed by atoms with Gasteiger partial charge in [-0.25, -0.2) is 13.8 Å². The number of methoxy groups -OCH3 is 1. The zero-order chi connectivity index (χ0) is 22.7. The molecule has 164 valence electrons. The van der Waals surface area contributed by atoms with Gasteiger partial charge in [0.1, 0.15) is 10.4 Å². The minimum Gasteiger partial charge on any atom is -0.497 e. The summed E-state index contributed by atoms with van der Waals surface area (Å²) in [4.78, 5) is 30.0. The molecule has 0 aliphatic heterocycles. The van der Waals surface area contributed by atoms with E-state index in [4.69, 9.17) is 4.74 Å². The van der Waals surface area contributed by atoms with E-state index >= 15 is 0 Å². The van der Waals surface area contributed by atoms with E-state index in [1.165, 1.54) is 22.0 Å². The van der Waals surface area contributed by atoms with Crippen LogP contribution < -0.4 is 15.6 Å². The number of nitrogens with zero attached hydrogens (tertiary/aromatic N) is 2. The first kappa shape index (κ1) is 22.0. The molecule has 0 bridgehead atoms. The van der Waals surface area contributed by atoms with Gasteiger partial charge in [0.05, 0.1) is 24.9 Å². The smallest absolute Gasteiger partial charge is 0.272 e. The highest BCUT2D eigenvalue weighted by Crippen LogP contribution is 2.23. The van der Waals surface area contributed by atoms with Crippen LogP contribution in [0.5, 0.6) is 5.75 Å². The summed E-state index contributed by atoms with van der Waals surface area (Å²) in [5.74, 6) is -1.83. The highest BCUT2D eigenvalue weighted by atomic mass is 32.2. The van der Waals surface area contributed by atoms with Crippen molar-refractivity contribution in [2.75, 3.05) is 18.2 Å². The number of fused-ring (bicyclic) bond motifs is 1. The molecule has 0 radical (unpaired) electrons. The third-order valence-corrected chi connectivity index (χ3v) is 6.43. The van der Waals surface area contributed by atoms with Crippen molar-refractivity contribution >= 4 is 44.9 Å². The van der Waals surface area contributed by atoms with Crippen molar-refractivity contribution in [3.8, 4) is 5.75 Å². The molecule has 0 saturated carbocycles. The Morgan fingerprint density at radius 1 is 1.16 bits per heavy atom. The Bertz CT molecular complexity index is 1340. The first-order valence-electron chi connectivity index (χ1n) is 9.43. The molecular weight excluding hydrogens is 456 g/mol. The normalized spacial score (nSPS) is 11.0. The third-order valence-electron chi connectivity index (χ3n) is 4.57. The molecule has 4 aromatic rings. The number of carbonyl (C=O) groups is 1. The molecular formula is C22H17F2N3O3S2. The summed E-state index contributed by atoms with van der Waals surface area (Å²) in [6.07, 6.45) is 0. The Hall–Kier alpha value is -3.24. The van der Waals surface area contributed by atoms with Crippen LogP contribution in [-0.2, 0) is 11.3 Å². The summed E-state index contributed by atoms with van der Waals surface area (Å²) in [7, 11) is 1.58. The fraction of sp³-hybridized carbons (Fsp3) is 0.136. The second-order valence-electron chi connectivity index (χ2n) is 6.73. The van der Waals surface area contributed by atoms with Gasteiger partial charge in [-0.3, -0.25) is 14.2 Å². The van der Waals surface area contributed by atoms with Gasteiger partial charge in [0.25, 0.3) is 5.56 Å². The van der Waals surface area contributed by atoms with Gasteiger partial charge in [-0.1, -0.05) is 23.9 Å². The van der Waals surface area contributed by atoms with Gasteiger partial charge in [-0.2, -0.15) is 0 Å². The molecule has 2 aromatic carbocycles. The van der Waals surface area contributed by atoms with E-state index in [1.54, 1.807) is 30.7 Å². The van der Waals surface area contributed by atoms with Crippen molar-refractivity contribution in [2.24, 2.45) is 0 Å². The highest BCUT2D eigenvalue weighted by Gasteiger charge is 2.15. The molecule has 4 rings (SSSR count). The number of nitrogens with one attached hydrogen (secondary N) is 1. The first-order chi connectivity index (χ1) is 15.4. The van der Waals surface area contributed by atoms with Crippen molar-refractivity contribution < 1.29 is 18.3 Å². The van der Waals surface area contributed by atoms with E-state index in [9.17, 15) is 18.4 Å². The summed E-state index contributed by atoms with van der Waals surface area (Å²) in [5.41, 5.74) is 1.39. The van der Waals surface area contributed by atoms with E-state index in [0.29, 0.717) is 21.1 Å². The molecule has 0 atom stereocenters. The lowest BCUT2D eigenvalue weighted by atomic mass is 10.2. The molecule has 0 aliphatic rings. The molecule has 10 heteroatoms. The number of aromatic nitrogens is 2. The van der Waals surface area contributed by atoms with Crippen molar-refractivity contribution in [1.29, 1.82) is 0 Å². The Balaban J connectivity index is 1.56. The molecule has 32 heavy (non-hydrogen) atoms. The minimum atomic E-state index is -1.05. The zero-order valence-electron chi connectivity index (χ0n) is 16.8. The van der Waals surface area contributed by atoms with Gasteiger partial charge in [0.2, 0.25) is 5.91 Å². The highest BCUT2D eigenvalue weighted by molar-refractivity contribution is 7.99. The second kappa shape index (κ2) is 9.49. The van der Waals surface area contributed by atoms with Gasteiger partial charge < -0.3 is 10.1 Å². The number of hydrogen-bond acceptors (Lipinski definition) is 6. The van der Waals surface area contributed by atoms with Crippen LogP contribution in [0.2, 0.25) is 0 Å². The lowest BCUT2D eigenvalue weighted by Gasteiger charge is -2.12. The average molecular weight is 474 g/mol. The van der Waals surface area contributed by atoms with E-state index in [2.05, 4.69) is 10.3 Å². The van der Waals surface area contributed by atoms with Crippen molar-refractivity contribution in [2.45, 2.75) is 11.7 Å². The Morgan fingerprint density at radius 3 is 2.66 bits per heavy atom. The number of anilines is 1. The van der Waals surface area contributed by atoms with Gasteiger partial charge in [0.15, 0.2) is 16.8 Å². The predicted octanol–water partition coefficient (Wildman–Crippen LogP) is 4.52. The van der Waals surface area contributed by atoms with Gasteiger partial charge >= 0.3 is 0 Å². The van der Waals surface area contributed by atoms with E-state index in [-0.39, 0.29) is 23.5 Å². The molecule has 2 aromatic heterocycles. The second-order valence-corrected chi connectivity index (χ2v) is 8.59. The number of thioether (sulfide) groups is 1. The number of rotatable bonds is 7. The molecule has 0 aliphatic carbocycles. The monoisotopic (exact) mass is 473 g/mol. The van der Waals surface area contributed by atoms with E-state index in [1.807, 2.05) is 12.1 Å². The standard InChI is InChI=1S/C22H17F2N3O3S2/c1-30-15-5-2-13(3-6-15)11-27-21(29)20-18(8-9-31-20)26-22(27)32-12-19(28)25-14-4-7-16(23)17(24)10-14/h2-10H,11-12H2,1H3,(H,25,28). The SMILES string of the molecule is COc1ccc(Cn2c(SCC(=O)Nc3ccc(F)c(F)c3)nc3ccsc3c2=O)cc1. The number of hydrogen-bond donors (Lipinski definition) is 1. The number of carbonyl (C=O) groups excluding carboxylic acids is 1. The first-order valence-corrected chi connectivity index (χ1v) is 11.3. The fourth-order valence-electron chi connectivity index (χ4n) is 2.99. The molecule has 0 unspecified atom stereocenters. The van der Waals surface area contributed by atoms with Crippen LogP contribution in [0, 0.1) is 11.6 Å². The quantitative estimate of drug-likeness (QED) is 0.316. The van der Waals surface area contributed by atoms with Crippen LogP contribution in [0.25, 0.3) is 10.2 Å². The van der Waals surface area contributed by atoms with Gasteiger partial charge in [0, 0.05) is 11.8 Å². The predicted molar refractivity (Wildman–Crippen MR) is 122 cm³/mol. The fourth-order valence-corrected chi connectivity index (χ4v) is 4.56. The number of thiophene rings is 1. The molecule has 6 nitrogen and oxygen atoms in total. The number of halogens is 2. The molecule has 1 amide bonds. The summed E-state index contributed by atoms with van der Waals surface area (Å²) in [5, 5.41) is 4.69. The van der Waals surface area contributed by atoms with Gasteiger partial charge in [-0.05, 0) is 41.3 Å². The Labute approximate surface area is 189 Å². The number of benzene rings is 2. The maximum absolute atomic E-state index is 13.4. The van der Waals surface area contributed by atoms with Crippen LogP contribution >= 0.6 is 23.1 Å². The zero-order valence-corrected chi connectivity index (χ0v) is 18.4. The molecule has 0 fully saturated rings. The summed E-state index contributed by atoms with van der Waals surface area (Å²) in [6.45, 7) is 0.275.